The fourth-order valence-electron chi connectivity index (χ4n) is 4.27. The van der Waals surface area contributed by atoms with Crippen LogP contribution in [0.5, 0.6) is 5.75 Å². The fourth-order valence-corrected chi connectivity index (χ4v) is 4.27. The number of nitrogens with one attached hydrogen (secondary N) is 5. The van der Waals surface area contributed by atoms with Crippen molar-refractivity contribution < 1.29 is 29.4 Å². The van der Waals surface area contributed by atoms with E-state index >= 15 is 0 Å². The monoisotopic (exact) mass is 595 g/mol. The van der Waals surface area contributed by atoms with E-state index in [9.17, 15) is 29.4 Å². The highest BCUT2D eigenvalue weighted by Crippen LogP contribution is 2.19. The summed E-state index contributed by atoms with van der Waals surface area (Å²) >= 11 is 0. The van der Waals surface area contributed by atoms with Crippen molar-refractivity contribution >= 4 is 35.7 Å². The number of aryl methyl sites for hydroxylation is 1. The predicted octanol–water partition coefficient (Wildman–Crippen LogP) is 0.498. The lowest BCUT2D eigenvalue weighted by Gasteiger charge is -2.23. The normalized spacial score (nSPS) is 15.4. The number of phenols is 1. The van der Waals surface area contributed by atoms with Crippen molar-refractivity contribution in [2.45, 2.75) is 57.2 Å². The van der Waals surface area contributed by atoms with Crippen molar-refractivity contribution in [3.8, 4) is 5.75 Å². The van der Waals surface area contributed by atoms with Gasteiger partial charge in [-0.15, -0.1) is 0 Å². The second-order valence-corrected chi connectivity index (χ2v) is 10.1. The Hall–Kier alpha value is -4.91. The van der Waals surface area contributed by atoms with Crippen LogP contribution in [0.4, 0.5) is 0 Å². The molecule has 232 valence electrons. The molecule has 3 amide bonds. The van der Waals surface area contributed by atoms with Crippen LogP contribution in [0.25, 0.3) is 6.08 Å². The van der Waals surface area contributed by atoms with Crippen molar-refractivity contribution in [3.63, 3.8) is 0 Å². The maximum absolute atomic E-state index is 12.9. The minimum atomic E-state index is -1.16. The van der Waals surface area contributed by atoms with E-state index in [1.807, 2.05) is 43.3 Å². The molecule has 43 heavy (non-hydrogen) atoms. The van der Waals surface area contributed by atoms with Gasteiger partial charge in [-0.3, -0.25) is 19.8 Å². The number of amides is 3. The number of hydrogen-bond acceptors (Lipinski definition) is 7. The predicted molar refractivity (Wildman–Crippen MR) is 163 cm³/mol. The number of guanidine groups is 1. The number of primary amides is 1. The maximum Gasteiger partial charge on any atom is 0.326 e. The highest BCUT2D eigenvalue weighted by atomic mass is 16.4. The summed E-state index contributed by atoms with van der Waals surface area (Å²) in [5, 5.41) is 37.0. The van der Waals surface area contributed by atoms with Crippen molar-refractivity contribution in [1.29, 1.82) is 5.41 Å². The lowest BCUT2D eigenvalue weighted by Crippen LogP contribution is -2.55. The molecule has 0 unspecified atom stereocenters. The SMILES string of the molecule is Cc1ccc(/C=C\C(N)=O)c(O)c1.N=C(N)NCCC[C@H](NC(=O)[C@H](Cc1ccccc1)NC(=O)[C@@H]1CCCN1)C(=O)O. The molecule has 1 saturated heterocycles. The number of benzene rings is 2. The van der Waals surface area contributed by atoms with Crippen LogP contribution >= 0.6 is 0 Å². The third-order valence-electron chi connectivity index (χ3n) is 6.51. The molecule has 1 aliphatic heterocycles. The summed E-state index contributed by atoms with van der Waals surface area (Å²) in [6.07, 6.45) is 5.11. The number of rotatable bonds is 13. The summed E-state index contributed by atoms with van der Waals surface area (Å²) in [7, 11) is 0. The van der Waals surface area contributed by atoms with Crippen LogP contribution in [-0.4, -0.2) is 71.1 Å². The molecule has 0 saturated carbocycles. The zero-order valence-electron chi connectivity index (χ0n) is 24.1. The van der Waals surface area contributed by atoms with Crippen molar-refractivity contribution in [1.82, 2.24) is 21.3 Å². The summed E-state index contributed by atoms with van der Waals surface area (Å²) in [6.45, 7) is 2.96. The second-order valence-electron chi connectivity index (χ2n) is 10.1. The Morgan fingerprint density at radius 3 is 2.40 bits per heavy atom. The van der Waals surface area contributed by atoms with Crippen LogP contribution in [-0.2, 0) is 25.6 Å². The van der Waals surface area contributed by atoms with E-state index < -0.39 is 29.9 Å². The lowest BCUT2D eigenvalue weighted by atomic mass is 10.0. The first-order valence-electron chi connectivity index (χ1n) is 13.9. The maximum atomic E-state index is 12.9. The zero-order valence-corrected chi connectivity index (χ0v) is 24.1. The van der Waals surface area contributed by atoms with Gasteiger partial charge in [0, 0.05) is 24.6 Å². The molecule has 0 aliphatic carbocycles. The van der Waals surface area contributed by atoms with Crippen molar-refractivity contribution in [2.75, 3.05) is 13.1 Å². The Morgan fingerprint density at radius 2 is 1.81 bits per heavy atom. The molecule has 2 aromatic rings. The quantitative estimate of drug-likeness (QED) is 0.0678. The molecule has 1 aliphatic rings. The standard InChI is InChI=1S/C20H30N6O4.C10H11NO2/c21-20(22)24-11-5-9-15(19(29)30)25-18(28)16(12-13-6-2-1-3-7-13)26-17(27)14-8-4-10-23-14;1-7-2-3-8(9(12)6-7)4-5-10(11)13/h1-3,6-7,14-16,23H,4-5,8-12H2,(H,25,28)(H,26,27)(H,29,30)(H4,21,22,24);2-6,12H,1H3,(H2,11,13)/b;5-4-/t14-,15-,16-;/m0./s1. The Bertz CT molecular complexity index is 1280. The van der Waals surface area contributed by atoms with Gasteiger partial charge in [-0.2, -0.15) is 0 Å². The van der Waals surface area contributed by atoms with Crippen LogP contribution in [0.2, 0.25) is 0 Å². The smallest absolute Gasteiger partial charge is 0.326 e. The minimum Gasteiger partial charge on any atom is -0.507 e. The van der Waals surface area contributed by atoms with Gasteiger partial charge in [0.25, 0.3) is 0 Å². The largest absolute Gasteiger partial charge is 0.507 e. The fraction of sp³-hybridized carbons (Fsp3) is 0.367. The minimum absolute atomic E-state index is 0.150. The molecular weight excluding hydrogens is 554 g/mol. The third kappa shape index (κ3) is 13.1. The lowest BCUT2D eigenvalue weighted by molar-refractivity contribution is -0.142. The molecule has 13 heteroatoms. The first kappa shape index (κ1) is 34.3. The molecule has 1 heterocycles. The number of carboxylic acids is 1. The summed E-state index contributed by atoms with van der Waals surface area (Å²) in [4.78, 5) is 47.4. The van der Waals surface area contributed by atoms with Crippen LogP contribution in [0.15, 0.2) is 54.6 Å². The first-order chi connectivity index (χ1) is 20.5. The van der Waals surface area contributed by atoms with E-state index in [1.54, 1.807) is 12.1 Å². The average molecular weight is 596 g/mol. The van der Waals surface area contributed by atoms with Gasteiger partial charge < -0.3 is 42.9 Å². The topological polar surface area (TPSA) is 233 Å². The Morgan fingerprint density at radius 1 is 1.09 bits per heavy atom. The molecule has 2 aromatic carbocycles. The van der Waals surface area contributed by atoms with Crippen molar-refractivity contribution in [2.24, 2.45) is 11.5 Å². The molecular formula is C30H41N7O6. The first-order valence-corrected chi connectivity index (χ1v) is 13.9. The van der Waals surface area contributed by atoms with Crippen LogP contribution in [0, 0.1) is 12.3 Å². The van der Waals surface area contributed by atoms with Gasteiger partial charge in [-0.1, -0.05) is 42.5 Å². The number of carbonyl (C=O) groups excluding carboxylic acids is 3. The van der Waals surface area contributed by atoms with E-state index in [4.69, 9.17) is 16.9 Å². The Balaban J connectivity index is 0.000000413. The number of hydrogen-bond donors (Lipinski definition) is 9. The van der Waals surface area contributed by atoms with Gasteiger partial charge in [-0.05, 0) is 62.4 Å². The molecule has 3 atom stereocenters. The van der Waals surface area contributed by atoms with Crippen LogP contribution in [0.3, 0.4) is 0 Å². The number of aromatic hydroxyl groups is 1. The third-order valence-corrected chi connectivity index (χ3v) is 6.51. The zero-order chi connectivity index (χ0) is 31.8. The number of nitrogens with two attached hydrogens (primary N) is 2. The summed E-state index contributed by atoms with van der Waals surface area (Å²) in [5.74, 6) is -2.54. The van der Waals surface area contributed by atoms with Crippen LogP contribution < -0.4 is 32.7 Å². The molecule has 11 N–H and O–H groups in total. The number of phenolic OH excluding ortho intramolecular Hbond substituents is 1. The molecule has 0 radical (unpaired) electrons. The molecule has 0 aromatic heterocycles. The highest BCUT2D eigenvalue weighted by molar-refractivity contribution is 5.92. The van der Waals surface area contributed by atoms with Gasteiger partial charge in [-0.25, -0.2) is 4.79 Å². The molecule has 0 bridgehead atoms. The van der Waals surface area contributed by atoms with Gasteiger partial charge in [0.2, 0.25) is 17.7 Å². The molecule has 1 fully saturated rings. The van der Waals surface area contributed by atoms with Crippen LogP contribution in [0.1, 0.15) is 42.4 Å². The Kier molecular flexibility index (Phi) is 14.2. The number of aliphatic carboxylic acids is 1. The van der Waals surface area contributed by atoms with E-state index in [0.29, 0.717) is 24.9 Å². The summed E-state index contributed by atoms with van der Waals surface area (Å²) in [6, 6.07) is 12.1. The Labute approximate surface area is 250 Å². The van der Waals surface area contributed by atoms with Gasteiger partial charge in [0.15, 0.2) is 5.96 Å². The highest BCUT2D eigenvalue weighted by Gasteiger charge is 2.30. The van der Waals surface area contributed by atoms with E-state index in [1.165, 1.54) is 12.2 Å². The van der Waals surface area contributed by atoms with E-state index in [-0.39, 0.29) is 36.5 Å². The second kappa shape index (κ2) is 17.8. The van der Waals surface area contributed by atoms with Gasteiger partial charge in [0.1, 0.15) is 17.8 Å². The van der Waals surface area contributed by atoms with E-state index in [2.05, 4.69) is 21.3 Å². The molecule has 0 spiro atoms. The van der Waals surface area contributed by atoms with Gasteiger partial charge >= 0.3 is 5.97 Å². The van der Waals surface area contributed by atoms with E-state index in [0.717, 1.165) is 24.1 Å². The number of carboxylic acid groups (broad SMARTS) is 1. The summed E-state index contributed by atoms with van der Waals surface area (Å²) < 4.78 is 0. The van der Waals surface area contributed by atoms with Gasteiger partial charge in [0.05, 0.1) is 6.04 Å². The number of carbonyl (C=O) groups is 4. The molecule has 3 rings (SSSR count). The summed E-state index contributed by atoms with van der Waals surface area (Å²) in [5.41, 5.74) is 12.5. The average Bonchev–Trinajstić information content (AvgIpc) is 3.50. The van der Waals surface area contributed by atoms with Crippen molar-refractivity contribution in [3.05, 3.63) is 71.3 Å². The molecule has 13 nitrogen and oxygen atoms in total.